The molecule has 2 rings (SSSR count). The van der Waals surface area contributed by atoms with Gasteiger partial charge >= 0.3 is 5.97 Å². The number of nitrogens with zero attached hydrogens (tertiary/aromatic N) is 3. The molecule has 0 aliphatic heterocycles. The molecule has 88 valence electrons. The van der Waals surface area contributed by atoms with Gasteiger partial charge in [0.15, 0.2) is 5.16 Å². The van der Waals surface area contributed by atoms with Crippen molar-refractivity contribution in [3.8, 4) is 11.4 Å². The number of aromatic nitrogens is 4. The zero-order valence-corrected chi connectivity index (χ0v) is 9.86. The molecule has 0 saturated carbocycles. The zero-order valence-electron chi connectivity index (χ0n) is 9.04. The van der Waals surface area contributed by atoms with Crippen molar-refractivity contribution < 1.29 is 9.90 Å². The molecular formula is C10H10N4O2S. The molecule has 2 aromatic rings. The molecule has 0 aliphatic carbocycles. The average Bonchev–Trinajstić information content (AvgIpc) is 2.75. The summed E-state index contributed by atoms with van der Waals surface area (Å²) in [7, 11) is 0. The molecule has 7 heteroatoms. The molecule has 0 unspecified atom stereocenters. The lowest BCUT2D eigenvalue weighted by Crippen LogP contribution is -1.97. The largest absolute Gasteiger partial charge is 0.481 e. The highest BCUT2D eigenvalue weighted by Gasteiger charge is 2.09. The van der Waals surface area contributed by atoms with Gasteiger partial charge in [-0.05, 0) is 6.92 Å². The van der Waals surface area contributed by atoms with E-state index in [9.17, 15) is 4.79 Å². The van der Waals surface area contributed by atoms with Crippen LogP contribution in [-0.2, 0) is 4.79 Å². The highest BCUT2D eigenvalue weighted by Crippen LogP contribution is 2.20. The van der Waals surface area contributed by atoms with E-state index >= 15 is 0 Å². The van der Waals surface area contributed by atoms with E-state index < -0.39 is 5.97 Å². The number of imidazole rings is 1. The first-order valence-corrected chi connectivity index (χ1v) is 5.83. The summed E-state index contributed by atoms with van der Waals surface area (Å²) in [6, 6.07) is 0. The van der Waals surface area contributed by atoms with Crippen LogP contribution < -0.4 is 0 Å². The van der Waals surface area contributed by atoms with Crippen LogP contribution in [0.2, 0.25) is 0 Å². The fraction of sp³-hybridized carbons (Fsp3) is 0.200. The van der Waals surface area contributed by atoms with Gasteiger partial charge < -0.3 is 10.1 Å². The lowest BCUT2D eigenvalue weighted by molar-refractivity contribution is -0.133. The number of thioether (sulfide) groups is 1. The minimum atomic E-state index is -0.872. The molecule has 0 atom stereocenters. The van der Waals surface area contributed by atoms with Crippen LogP contribution in [0.1, 0.15) is 5.69 Å². The average molecular weight is 250 g/mol. The zero-order chi connectivity index (χ0) is 12.3. The normalized spacial score (nSPS) is 10.4. The summed E-state index contributed by atoms with van der Waals surface area (Å²) >= 11 is 1.14. The minimum absolute atomic E-state index is 0.0214. The van der Waals surface area contributed by atoms with Crippen molar-refractivity contribution in [2.75, 3.05) is 5.75 Å². The SMILES string of the molecule is Cc1nccnc1-c1cnc(SCC(=O)O)[nH]1. The maximum absolute atomic E-state index is 10.4. The molecule has 2 aromatic heterocycles. The molecule has 0 bridgehead atoms. The van der Waals surface area contributed by atoms with Gasteiger partial charge in [-0.15, -0.1) is 0 Å². The number of carboxylic acids is 1. The van der Waals surface area contributed by atoms with Crippen LogP contribution in [0.5, 0.6) is 0 Å². The first-order valence-electron chi connectivity index (χ1n) is 4.84. The van der Waals surface area contributed by atoms with Gasteiger partial charge in [-0.2, -0.15) is 0 Å². The molecule has 17 heavy (non-hydrogen) atoms. The van der Waals surface area contributed by atoms with Crippen molar-refractivity contribution in [3.63, 3.8) is 0 Å². The molecule has 0 aromatic carbocycles. The lowest BCUT2D eigenvalue weighted by atomic mass is 10.2. The third-order valence-corrected chi connectivity index (χ3v) is 2.89. The number of aliphatic carboxylic acids is 1. The van der Waals surface area contributed by atoms with E-state index in [1.807, 2.05) is 6.92 Å². The molecule has 0 spiro atoms. The molecule has 0 saturated heterocycles. The number of carbonyl (C=O) groups is 1. The Morgan fingerprint density at radius 2 is 2.18 bits per heavy atom. The van der Waals surface area contributed by atoms with Crippen molar-refractivity contribution in [3.05, 3.63) is 24.3 Å². The third-order valence-electron chi connectivity index (χ3n) is 2.02. The topological polar surface area (TPSA) is 91.8 Å². The number of hydrogen-bond donors (Lipinski definition) is 2. The molecule has 0 fully saturated rings. The van der Waals surface area contributed by atoms with E-state index in [2.05, 4.69) is 19.9 Å². The lowest BCUT2D eigenvalue weighted by Gasteiger charge is -1.99. The van der Waals surface area contributed by atoms with Gasteiger partial charge in [0, 0.05) is 12.4 Å². The van der Waals surface area contributed by atoms with Crippen molar-refractivity contribution in [1.82, 2.24) is 19.9 Å². The molecule has 2 heterocycles. The Morgan fingerprint density at radius 3 is 2.88 bits per heavy atom. The number of aryl methyl sites for hydroxylation is 1. The van der Waals surface area contributed by atoms with Crippen LogP contribution >= 0.6 is 11.8 Å². The fourth-order valence-electron chi connectivity index (χ4n) is 1.30. The molecule has 0 radical (unpaired) electrons. The standard InChI is InChI=1S/C10H10N4O2S/c1-6-9(12-3-2-11-6)7-4-13-10(14-7)17-5-8(15)16/h2-4H,5H2,1H3,(H,13,14)(H,15,16). The molecule has 2 N–H and O–H groups in total. The quantitative estimate of drug-likeness (QED) is 0.796. The summed E-state index contributed by atoms with van der Waals surface area (Å²) in [5.41, 5.74) is 2.26. The second-order valence-electron chi connectivity index (χ2n) is 3.27. The number of H-pyrrole nitrogens is 1. The monoisotopic (exact) mass is 250 g/mol. The Balaban J connectivity index is 2.18. The first-order chi connectivity index (χ1) is 8.16. The Bertz CT molecular complexity index is 541. The van der Waals surface area contributed by atoms with Crippen LogP contribution in [0.3, 0.4) is 0 Å². The summed E-state index contributed by atoms with van der Waals surface area (Å²) in [6.45, 7) is 1.85. The van der Waals surface area contributed by atoms with Gasteiger partial charge in [0.05, 0.1) is 23.3 Å². The van der Waals surface area contributed by atoms with E-state index in [1.165, 1.54) is 0 Å². The number of carboxylic acid groups (broad SMARTS) is 1. The molecular weight excluding hydrogens is 240 g/mol. The third kappa shape index (κ3) is 2.82. The number of aromatic amines is 1. The maximum atomic E-state index is 10.4. The van der Waals surface area contributed by atoms with E-state index in [0.29, 0.717) is 5.16 Å². The minimum Gasteiger partial charge on any atom is -0.481 e. The highest BCUT2D eigenvalue weighted by atomic mass is 32.2. The van der Waals surface area contributed by atoms with Crippen LogP contribution in [0, 0.1) is 6.92 Å². The number of rotatable bonds is 4. The Morgan fingerprint density at radius 1 is 1.41 bits per heavy atom. The van der Waals surface area contributed by atoms with Crippen molar-refractivity contribution in [2.45, 2.75) is 12.1 Å². The van der Waals surface area contributed by atoms with Crippen LogP contribution in [0.25, 0.3) is 11.4 Å². The molecule has 0 amide bonds. The first kappa shape index (κ1) is 11.6. The second-order valence-corrected chi connectivity index (χ2v) is 4.24. The maximum Gasteiger partial charge on any atom is 0.313 e. The molecule has 6 nitrogen and oxygen atoms in total. The van der Waals surface area contributed by atoms with Crippen LogP contribution in [0.15, 0.2) is 23.7 Å². The number of nitrogens with one attached hydrogen (secondary N) is 1. The summed E-state index contributed by atoms with van der Waals surface area (Å²) in [5, 5.41) is 9.12. The number of hydrogen-bond acceptors (Lipinski definition) is 5. The van der Waals surface area contributed by atoms with Gasteiger partial charge in [-0.3, -0.25) is 14.8 Å². The smallest absolute Gasteiger partial charge is 0.313 e. The Kier molecular flexibility index (Phi) is 3.38. The molecule has 0 aliphatic rings. The van der Waals surface area contributed by atoms with Gasteiger partial charge in [0.1, 0.15) is 5.69 Å². The highest BCUT2D eigenvalue weighted by molar-refractivity contribution is 7.99. The van der Waals surface area contributed by atoms with Crippen LogP contribution in [0.4, 0.5) is 0 Å². The Hall–Kier alpha value is -1.89. The predicted octanol–water partition coefficient (Wildman–Crippen LogP) is 1.35. The summed E-state index contributed by atoms with van der Waals surface area (Å²) in [6.07, 6.45) is 4.85. The van der Waals surface area contributed by atoms with Crippen molar-refractivity contribution >= 4 is 17.7 Å². The van der Waals surface area contributed by atoms with Crippen molar-refractivity contribution in [1.29, 1.82) is 0 Å². The fourth-order valence-corrected chi connectivity index (χ4v) is 1.87. The second kappa shape index (κ2) is 4.96. The Labute approximate surface area is 102 Å². The van der Waals surface area contributed by atoms with E-state index in [0.717, 1.165) is 28.8 Å². The van der Waals surface area contributed by atoms with Gasteiger partial charge in [0.25, 0.3) is 0 Å². The van der Waals surface area contributed by atoms with E-state index in [1.54, 1.807) is 18.6 Å². The summed E-state index contributed by atoms with van der Waals surface area (Å²) in [5.74, 6) is -0.893. The van der Waals surface area contributed by atoms with Gasteiger partial charge in [-0.1, -0.05) is 11.8 Å². The van der Waals surface area contributed by atoms with Gasteiger partial charge in [0.2, 0.25) is 0 Å². The van der Waals surface area contributed by atoms with Gasteiger partial charge in [-0.25, -0.2) is 4.98 Å². The van der Waals surface area contributed by atoms with Crippen molar-refractivity contribution in [2.24, 2.45) is 0 Å². The summed E-state index contributed by atoms with van der Waals surface area (Å²) < 4.78 is 0. The van der Waals surface area contributed by atoms with E-state index in [4.69, 9.17) is 5.11 Å². The van der Waals surface area contributed by atoms with E-state index in [-0.39, 0.29) is 5.75 Å². The summed E-state index contributed by atoms with van der Waals surface area (Å²) in [4.78, 5) is 25.8. The van der Waals surface area contributed by atoms with Crippen LogP contribution in [-0.4, -0.2) is 36.8 Å². The predicted molar refractivity (Wildman–Crippen MR) is 62.7 cm³/mol.